The Hall–Kier alpha value is -2.59. The number of allylic oxidation sites excluding steroid dienone is 1. The summed E-state index contributed by atoms with van der Waals surface area (Å²) in [5.41, 5.74) is 5.79. The van der Waals surface area contributed by atoms with Crippen molar-refractivity contribution >= 4 is 28.0 Å². The average Bonchev–Trinajstić information content (AvgIpc) is 3.29. The van der Waals surface area contributed by atoms with E-state index in [1.165, 1.54) is 35.0 Å². The molecule has 0 radical (unpaired) electrons. The third-order valence-corrected chi connectivity index (χ3v) is 5.59. The van der Waals surface area contributed by atoms with Crippen molar-refractivity contribution in [2.75, 3.05) is 26.2 Å². The molecule has 0 aliphatic carbocycles. The van der Waals surface area contributed by atoms with Crippen LogP contribution in [-0.4, -0.2) is 48.3 Å². The largest absolute Gasteiger partial charge is 0.298 e. The molecule has 4 heteroatoms. The predicted molar refractivity (Wildman–Crippen MR) is 113 cm³/mol. The third-order valence-electron chi connectivity index (χ3n) is 5.59. The Labute approximate surface area is 160 Å². The molecule has 0 spiro atoms. The molecule has 27 heavy (non-hydrogen) atoms. The summed E-state index contributed by atoms with van der Waals surface area (Å²) in [4.78, 5) is 16.6. The summed E-state index contributed by atoms with van der Waals surface area (Å²) < 4.78 is 0. The fourth-order valence-corrected chi connectivity index (χ4v) is 4.23. The third kappa shape index (κ3) is 3.04. The monoisotopic (exact) mass is 356 g/mol. The lowest BCUT2D eigenvalue weighted by Crippen LogP contribution is -2.44. The number of rotatable bonds is 4. The second-order valence-electron chi connectivity index (χ2n) is 8.01. The zero-order chi connectivity index (χ0) is 18.4. The van der Waals surface area contributed by atoms with Crippen LogP contribution in [-0.2, 0) is 6.54 Å². The summed E-state index contributed by atoms with van der Waals surface area (Å²) in [6.07, 6.45) is 2.13. The van der Waals surface area contributed by atoms with Crippen molar-refractivity contribution in [3.8, 4) is 0 Å². The number of aliphatic imine (C=N–C) groups is 3. The minimum atomic E-state index is 0.625. The summed E-state index contributed by atoms with van der Waals surface area (Å²) in [5, 5.41) is 2.56. The molecule has 0 amide bonds. The van der Waals surface area contributed by atoms with Crippen LogP contribution >= 0.6 is 0 Å². The van der Waals surface area contributed by atoms with Crippen molar-refractivity contribution in [3.05, 3.63) is 59.2 Å². The van der Waals surface area contributed by atoms with Crippen LogP contribution in [0.3, 0.4) is 0 Å². The van der Waals surface area contributed by atoms with Crippen molar-refractivity contribution in [3.63, 3.8) is 0 Å². The zero-order valence-electron chi connectivity index (χ0n) is 15.9. The molecule has 0 bridgehead atoms. The molecule has 4 nitrogen and oxygen atoms in total. The van der Waals surface area contributed by atoms with Crippen molar-refractivity contribution in [1.82, 2.24) is 4.90 Å². The van der Waals surface area contributed by atoms with Crippen LogP contribution in [0.4, 0.5) is 0 Å². The fourth-order valence-electron chi connectivity index (χ4n) is 4.23. The number of amidine groups is 1. The Morgan fingerprint density at radius 2 is 1.81 bits per heavy atom. The van der Waals surface area contributed by atoms with E-state index < -0.39 is 0 Å². The van der Waals surface area contributed by atoms with E-state index in [9.17, 15) is 0 Å². The SMILES string of the molecule is CC1=CC(C2=NC(c3ccc(CN4CC(C)C4)c4ccccc34)=NC2)=NC1. The minimum Gasteiger partial charge on any atom is -0.298 e. The maximum absolute atomic E-state index is 4.83. The van der Waals surface area contributed by atoms with Gasteiger partial charge in [0.15, 0.2) is 5.84 Å². The lowest BCUT2D eigenvalue weighted by Gasteiger charge is -2.37. The van der Waals surface area contributed by atoms with Gasteiger partial charge in [0.05, 0.1) is 24.5 Å². The molecule has 0 aromatic heterocycles. The smallest absolute Gasteiger partial charge is 0.156 e. The minimum absolute atomic E-state index is 0.625. The molecule has 2 aromatic rings. The Bertz CT molecular complexity index is 1040. The Morgan fingerprint density at radius 3 is 2.56 bits per heavy atom. The average molecular weight is 356 g/mol. The zero-order valence-corrected chi connectivity index (χ0v) is 15.9. The fraction of sp³-hybridized carbons (Fsp3) is 0.348. The van der Waals surface area contributed by atoms with Gasteiger partial charge >= 0.3 is 0 Å². The van der Waals surface area contributed by atoms with Gasteiger partial charge in [-0.05, 0) is 40.8 Å². The molecule has 3 aliphatic rings. The molecule has 2 aromatic carbocycles. The maximum atomic E-state index is 4.83. The lowest BCUT2D eigenvalue weighted by atomic mass is 9.96. The van der Waals surface area contributed by atoms with Crippen LogP contribution in [0.2, 0.25) is 0 Å². The first-order valence-electron chi connectivity index (χ1n) is 9.75. The molecule has 0 atom stereocenters. The summed E-state index contributed by atoms with van der Waals surface area (Å²) in [5.74, 6) is 1.67. The van der Waals surface area contributed by atoms with Gasteiger partial charge in [-0.1, -0.05) is 43.3 Å². The van der Waals surface area contributed by atoms with Gasteiger partial charge in [-0.3, -0.25) is 14.9 Å². The Morgan fingerprint density at radius 1 is 1.00 bits per heavy atom. The van der Waals surface area contributed by atoms with E-state index in [0.29, 0.717) is 6.54 Å². The summed E-state index contributed by atoms with van der Waals surface area (Å²) in [6, 6.07) is 13.1. The predicted octanol–water partition coefficient (Wildman–Crippen LogP) is 3.89. The van der Waals surface area contributed by atoms with Crippen LogP contribution in [0.25, 0.3) is 10.8 Å². The van der Waals surface area contributed by atoms with Gasteiger partial charge in [0.2, 0.25) is 0 Å². The second kappa shape index (κ2) is 6.54. The van der Waals surface area contributed by atoms with Crippen LogP contribution in [0.1, 0.15) is 25.0 Å². The molecule has 1 fully saturated rings. The molecule has 3 heterocycles. The van der Waals surface area contributed by atoms with Gasteiger partial charge in [-0.15, -0.1) is 0 Å². The molecule has 1 saturated heterocycles. The summed E-state index contributed by atoms with van der Waals surface area (Å²) in [7, 11) is 0. The lowest BCUT2D eigenvalue weighted by molar-refractivity contribution is 0.105. The van der Waals surface area contributed by atoms with E-state index in [1.54, 1.807) is 0 Å². The molecular formula is C23H24N4. The second-order valence-corrected chi connectivity index (χ2v) is 8.01. The molecule has 0 unspecified atom stereocenters. The number of benzene rings is 2. The molecule has 136 valence electrons. The topological polar surface area (TPSA) is 40.3 Å². The van der Waals surface area contributed by atoms with Crippen molar-refractivity contribution in [1.29, 1.82) is 0 Å². The van der Waals surface area contributed by atoms with Gasteiger partial charge < -0.3 is 0 Å². The number of hydrogen-bond acceptors (Lipinski definition) is 4. The molecule has 0 N–H and O–H groups in total. The number of likely N-dealkylation sites (tertiary alicyclic amines) is 1. The Balaban J connectivity index is 1.49. The standard InChI is InChI=1S/C23H24N4/c1-15-9-21(24-10-15)22-11-25-23(26-22)20-8-7-17(14-27-12-16(2)13-27)18-5-3-4-6-19(18)20/h3-9,16H,10-14H2,1-2H3. The van der Waals surface area contributed by atoms with Crippen molar-refractivity contribution in [2.24, 2.45) is 20.9 Å². The molecule has 0 saturated carbocycles. The van der Waals surface area contributed by atoms with Gasteiger partial charge in [0, 0.05) is 25.2 Å². The van der Waals surface area contributed by atoms with Crippen LogP contribution < -0.4 is 0 Å². The van der Waals surface area contributed by atoms with Crippen LogP contribution in [0, 0.1) is 5.92 Å². The Kier molecular flexibility index (Phi) is 4.01. The molecular weight excluding hydrogens is 332 g/mol. The number of fused-ring (bicyclic) bond motifs is 1. The van der Waals surface area contributed by atoms with Gasteiger partial charge in [-0.25, -0.2) is 4.99 Å². The van der Waals surface area contributed by atoms with Crippen molar-refractivity contribution < 1.29 is 0 Å². The van der Waals surface area contributed by atoms with E-state index in [1.807, 2.05) is 0 Å². The first-order chi connectivity index (χ1) is 13.2. The first-order valence-corrected chi connectivity index (χ1v) is 9.75. The van der Waals surface area contributed by atoms with E-state index in [-0.39, 0.29) is 0 Å². The van der Waals surface area contributed by atoms with Gasteiger partial charge in [-0.2, -0.15) is 0 Å². The number of hydrogen-bond donors (Lipinski definition) is 0. The maximum Gasteiger partial charge on any atom is 0.156 e. The summed E-state index contributed by atoms with van der Waals surface area (Å²) >= 11 is 0. The molecule has 3 aliphatic heterocycles. The normalized spacial score (nSPS) is 20.4. The van der Waals surface area contributed by atoms with Crippen LogP contribution in [0.15, 0.2) is 63.0 Å². The number of nitrogens with zero attached hydrogens (tertiary/aromatic N) is 4. The highest BCUT2D eigenvalue weighted by molar-refractivity contribution is 6.50. The first kappa shape index (κ1) is 16.6. The highest BCUT2D eigenvalue weighted by atomic mass is 15.2. The molecule has 5 rings (SSSR count). The van der Waals surface area contributed by atoms with Crippen LogP contribution in [0.5, 0.6) is 0 Å². The quantitative estimate of drug-likeness (QED) is 0.819. The van der Waals surface area contributed by atoms with Crippen molar-refractivity contribution in [2.45, 2.75) is 20.4 Å². The van der Waals surface area contributed by atoms with Gasteiger partial charge in [0.1, 0.15) is 0 Å². The van der Waals surface area contributed by atoms with E-state index in [2.05, 4.69) is 66.2 Å². The van der Waals surface area contributed by atoms with E-state index in [4.69, 9.17) is 9.98 Å². The van der Waals surface area contributed by atoms with E-state index >= 15 is 0 Å². The highest BCUT2D eigenvalue weighted by Crippen LogP contribution is 2.28. The highest BCUT2D eigenvalue weighted by Gasteiger charge is 2.24. The van der Waals surface area contributed by atoms with Gasteiger partial charge in [0.25, 0.3) is 0 Å². The van der Waals surface area contributed by atoms with E-state index in [0.717, 1.165) is 41.8 Å². The summed E-state index contributed by atoms with van der Waals surface area (Å²) in [6.45, 7) is 9.26.